The maximum absolute atomic E-state index is 14.9. The molecule has 0 bridgehead atoms. The van der Waals surface area contributed by atoms with Crippen molar-refractivity contribution in [3.05, 3.63) is 47.4 Å². The lowest BCUT2D eigenvalue weighted by molar-refractivity contribution is -0.147. The molecule has 3 aliphatic rings. The SMILES string of the molecule is CCC[C@H](CC(=O)[C@@H]1C[C@@H](Oc2ccc(Cl)cn2)CN1C(=O)[C@@H](CC(=O)[C@@H](Nc1nc2ccc(F)cc2o1)C1CCCCC1)C(C)(C)C)C(=O)C(=O)CC1CC1. The lowest BCUT2D eigenvalue weighted by Gasteiger charge is -2.36. The zero-order valence-electron chi connectivity index (χ0n) is 32.9. The summed E-state index contributed by atoms with van der Waals surface area (Å²) in [6.45, 7) is 7.69. The van der Waals surface area contributed by atoms with Crippen LogP contribution in [0.4, 0.5) is 10.4 Å². The number of carbonyl (C=O) groups excluding carboxylic acids is 5. The summed E-state index contributed by atoms with van der Waals surface area (Å²) in [4.78, 5) is 80.2. The number of anilines is 1. The molecule has 1 saturated heterocycles. The van der Waals surface area contributed by atoms with Crippen LogP contribution in [0.15, 0.2) is 40.9 Å². The van der Waals surface area contributed by atoms with Crippen LogP contribution in [0.1, 0.15) is 111 Å². The maximum Gasteiger partial charge on any atom is 0.296 e. The van der Waals surface area contributed by atoms with Crippen molar-refractivity contribution in [2.75, 3.05) is 11.9 Å². The van der Waals surface area contributed by atoms with Crippen molar-refractivity contribution in [1.82, 2.24) is 14.9 Å². The summed E-state index contributed by atoms with van der Waals surface area (Å²) < 4.78 is 26.0. The van der Waals surface area contributed by atoms with Crippen molar-refractivity contribution in [2.45, 2.75) is 129 Å². The number of benzene rings is 1. The van der Waals surface area contributed by atoms with E-state index in [1.54, 1.807) is 12.1 Å². The van der Waals surface area contributed by atoms with E-state index in [0.29, 0.717) is 23.4 Å². The van der Waals surface area contributed by atoms with Crippen molar-refractivity contribution in [2.24, 2.45) is 29.1 Å². The number of amides is 1. The van der Waals surface area contributed by atoms with Crippen LogP contribution in [-0.4, -0.2) is 68.6 Å². The zero-order chi connectivity index (χ0) is 40.1. The van der Waals surface area contributed by atoms with Crippen LogP contribution in [0.25, 0.3) is 11.1 Å². The summed E-state index contributed by atoms with van der Waals surface area (Å²) in [6.07, 6.45) is 8.46. The van der Waals surface area contributed by atoms with Crippen LogP contribution in [0, 0.1) is 34.9 Å². The van der Waals surface area contributed by atoms with Gasteiger partial charge in [0.15, 0.2) is 22.9 Å². The molecule has 0 radical (unpaired) electrons. The van der Waals surface area contributed by atoms with Crippen molar-refractivity contribution < 1.29 is 37.5 Å². The number of rotatable bonds is 18. The average Bonchev–Trinajstić information content (AvgIpc) is 3.73. The Morgan fingerprint density at radius 3 is 2.45 bits per heavy atom. The van der Waals surface area contributed by atoms with Crippen molar-refractivity contribution in [3.8, 4) is 5.88 Å². The Hall–Kier alpha value is -4.19. The standard InChI is InChI=1S/C43H54ClFN4O7/c1-5-9-27(40(53)36(52)18-25-12-13-25)19-34(50)33-21-30(55-38-17-14-28(44)23-46-38)24-49(33)41(54)31(43(2,3)4)22-35(51)39(26-10-7-6-8-11-26)48-42-47-32-16-15-29(45)20-37(32)56-42/h14-17,20,23,25-27,30-31,33,39H,5-13,18-19,21-22,24H2,1-4H3,(H,47,48)/t27-,30-,31-,33+,39+/m1/s1. The first-order valence-corrected chi connectivity index (χ1v) is 20.6. The van der Waals surface area contributed by atoms with E-state index in [4.69, 9.17) is 20.8 Å². The molecule has 5 atom stereocenters. The largest absolute Gasteiger partial charge is 0.472 e. The molecular weight excluding hydrogens is 739 g/mol. The molecule has 2 aromatic heterocycles. The van der Waals surface area contributed by atoms with E-state index in [1.807, 2.05) is 27.7 Å². The van der Waals surface area contributed by atoms with Crippen molar-refractivity contribution in [1.29, 1.82) is 0 Å². The Morgan fingerprint density at radius 2 is 1.79 bits per heavy atom. The van der Waals surface area contributed by atoms with E-state index in [-0.39, 0.29) is 79.0 Å². The van der Waals surface area contributed by atoms with Gasteiger partial charge in [0.25, 0.3) is 6.01 Å². The van der Waals surface area contributed by atoms with E-state index >= 15 is 0 Å². The number of oxazole rings is 1. The van der Waals surface area contributed by atoms with Gasteiger partial charge in [0.05, 0.1) is 23.7 Å². The molecule has 2 saturated carbocycles. The molecule has 6 rings (SSSR count). The Bertz CT molecular complexity index is 1900. The second-order valence-corrected chi connectivity index (χ2v) is 17.6. The van der Waals surface area contributed by atoms with Gasteiger partial charge in [0.2, 0.25) is 17.6 Å². The first-order chi connectivity index (χ1) is 26.7. The van der Waals surface area contributed by atoms with Gasteiger partial charge in [-0.15, -0.1) is 0 Å². The normalized spacial score (nSPS) is 20.7. The number of hydrogen-bond acceptors (Lipinski definition) is 10. The quantitative estimate of drug-likeness (QED) is 0.125. The van der Waals surface area contributed by atoms with E-state index < -0.39 is 52.8 Å². The number of nitrogens with zero attached hydrogens (tertiary/aromatic N) is 3. The molecule has 11 nitrogen and oxygen atoms in total. The van der Waals surface area contributed by atoms with Gasteiger partial charge in [-0.1, -0.05) is 65.0 Å². The molecule has 3 aromatic rings. The average molecular weight is 793 g/mol. The van der Waals surface area contributed by atoms with Crippen molar-refractivity contribution in [3.63, 3.8) is 0 Å². The molecule has 2 aliphatic carbocycles. The van der Waals surface area contributed by atoms with Gasteiger partial charge < -0.3 is 19.4 Å². The third-order valence-electron chi connectivity index (χ3n) is 11.7. The number of fused-ring (bicyclic) bond motifs is 1. The van der Waals surface area contributed by atoms with Gasteiger partial charge in [-0.25, -0.2) is 9.37 Å². The predicted octanol–water partition coefficient (Wildman–Crippen LogP) is 8.36. The highest BCUT2D eigenvalue weighted by Crippen LogP contribution is 2.38. The number of aromatic nitrogens is 2. The van der Waals surface area contributed by atoms with E-state index in [0.717, 1.165) is 44.9 Å². The molecule has 1 amide bonds. The monoisotopic (exact) mass is 792 g/mol. The molecule has 0 unspecified atom stereocenters. The second-order valence-electron chi connectivity index (χ2n) is 17.1. The van der Waals surface area contributed by atoms with Crippen LogP contribution in [0.5, 0.6) is 5.88 Å². The molecule has 1 N–H and O–H groups in total. The highest BCUT2D eigenvalue weighted by molar-refractivity contribution is 6.38. The lowest BCUT2D eigenvalue weighted by Crippen LogP contribution is -2.49. The molecule has 13 heteroatoms. The van der Waals surface area contributed by atoms with Crippen LogP contribution < -0.4 is 10.1 Å². The van der Waals surface area contributed by atoms with E-state index in [1.165, 1.54) is 29.3 Å². The van der Waals surface area contributed by atoms with Gasteiger partial charge >= 0.3 is 0 Å². The van der Waals surface area contributed by atoms with Gasteiger partial charge in [-0.2, -0.15) is 4.98 Å². The highest BCUT2D eigenvalue weighted by atomic mass is 35.5. The third kappa shape index (κ3) is 10.4. The summed E-state index contributed by atoms with van der Waals surface area (Å²) in [5.41, 5.74) is 0.0201. The summed E-state index contributed by atoms with van der Waals surface area (Å²) in [5, 5.41) is 3.66. The summed E-state index contributed by atoms with van der Waals surface area (Å²) in [7, 11) is 0. The van der Waals surface area contributed by atoms with Crippen LogP contribution in [0.2, 0.25) is 5.02 Å². The van der Waals surface area contributed by atoms with Gasteiger partial charge in [0, 0.05) is 55.8 Å². The first-order valence-electron chi connectivity index (χ1n) is 20.2. The summed E-state index contributed by atoms with van der Waals surface area (Å²) in [6, 6.07) is 5.80. The molecule has 3 fully saturated rings. The van der Waals surface area contributed by atoms with Gasteiger partial charge in [-0.05, 0) is 67.6 Å². The number of carbonyl (C=O) groups is 5. The fourth-order valence-electron chi connectivity index (χ4n) is 8.31. The Kier molecular flexibility index (Phi) is 13.3. The number of hydrogen-bond donors (Lipinski definition) is 1. The molecular formula is C43H54ClFN4O7. The predicted molar refractivity (Wildman–Crippen MR) is 210 cm³/mol. The topological polar surface area (TPSA) is 149 Å². The summed E-state index contributed by atoms with van der Waals surface area (Å²) >= 11 is 6.05. The van der Waals surface area contributed by atoms with Crippen LogP contribution >= 0.6 is 11.6 Å². The fourth-order valence-corrected chi connectivity index (χ4v) is 8.43. The van der Waals surface area contributed by atoms with Crippen LogP contribution in [0.3, 0.4) is 0 Å². The molecule has 1 aliphatic heterocycles. The Balaban J connectivity index is 1.25. The Labute approximate surface area is 332 Å². The fraction of sp³-hybridized carbons (Fsp3) is 0.605. The number of likely N-dealkylation sites (tertiary alicyclic amines) is 1. The number of ether oxygens (including phenoxy) is 1. The minimum atomic E-state index is -0.933. The minimum absolute atomic E-state index is 0.0276. The number of nitrogens with one attached hydrogen (secondary N) is 1. The molecule has 302 valence electrons. The van der Waals surface area contributed by atoms with Gasteiger partial charge in [-0.3, -0.25) is 24.0 Å². The van der Waals surface area contributed by atoms with E-state index in [9.17, 15) is 28.4 Å². The third-order valence-corrected chi connectivity index (χ3v) is 11.9. The van der Waals surface area contributed by atoms with Crippen molar-refractivity contribution >= 4 is 57.8 Å². The second kappa shape index (κ2) is 17.9. The summed E-state index contributed by atoms with van der Waals surface area (Å²) in [5.74, 6) is -3.33. The van der Waals surface area contributed by atoms with Crippen LogP contribution in [-0.2, 0) is 24.0 Å². The minimum Gasteiger partial charge on any atom is -0.472 e. The highest BCUT2D eigenvalue weighted by Gasteiger charge is 2.47. The maximum atomic E-state index is 14.9. The smallest absolute Gasteiger partial charge is 0.296 e. The first kappa shape index (κ1) is 41.4. The molecule has 0 spiro atoms. The molecule has 1 aromatic carbocycles. The zero-order valence-corrected chi connectivity index (χ0v) is 33.6. The Morgan fingerprint density at radius 1 is 1.04 bits per heavy atom. The molecule has 3 heterocycles. The number of Topliss-reactive ketones (excluding diaryl/α,β-unsaturated/α-hetero) is 4. The lowest BCUT2D eigenvalue weighted by atomic mass is 9.74. The number of halogens is 2. The van der Waals surface area contributed by atoms with Gasteiger partial charge in [0.1, 0.15) is 17.4 Å². The molecule has 56 heavy (non-hydrogen) atoms. The number of ketones is 4. The number of pyridine rings is 1. The van der Waals surface area contributed by atoms with E-state index in [2.05, 4.69) is 15.3 Å².